The van der Waals surface area contributed by atoms with Gasteiger partial charge in [-0.2, -0.15) is 0 Å². The lowest BCUT2D eigenvalue weighted by molar-refractivity contribution is -0.121. The summed E-state index contributed by atoms with van der Waals surface area (Å²) >= 11 is 0. The fourth-order valence-corrected chi connectivity index (χ4v) is 2.77. The van der Waals surface area contributed by atoms with Crippen molar-refractivity contribution in [3.63, 3.8) is 0 Å². The van der Waals surface area contributed by atoms with Crippen molar-refractivity contribution in [1.29, 1.82) is 0 Å². The molecule has 1 aromatic heterocycles. The molecule has 6 heteroatoms. The van der Waals surface area contributed by atoms with Gasteiger partial charge in [0.25, 0.3) is 5.56 Å². The first-order valence-electron chi connectivity index (χ1n) is 7.74. The number of fused-ring (bicyclic) bond motifs is 1. The summed E-state index contributed by atoms with van der Waals surface area (Å²) in [5, 5.41) is 9.92. The molecule has 1 amide bonds. The van der Waals surface area contributed by atoms with Crippen molar-refractivity contribution < 1.29 is 9.90 Å². The topological polar surface area (TPSA) is 98.2 Å². The summed E-state index contributed by atoms with van der Waals surface area (Å²) in [5.74, 6) is -0.361. The van der Waals surface area contributed by atoms with Crippen molar-refractivity contribution in [2.24, 2.45) is 5.73 Å². The van der Waals surface area contributed by atoms with Gasteiger partial charge in [0.2, 0.25) is 5.91 Å². The highest BCUT2D eigenvalue weighted by Crippen LogP contribution is 2.24. The van der Waals surface area contributed by atoms with Crippen LogP contribution in [-0.2, 0) is 4.79 Å². The number of allylic oxidation sites excluding steroid dienone is 1. The molecule has 0 fully saturated rings. The van der Waals surface area contributed by atoms with Crippen LogP contribution in [-0.4, -0.2) is 20.6 Å². The molecule has 25 heavy (non-hydrogen) atoms. The Kier molecular flexibility index (Phi) is 4.35. The summed E-state index contributed by atoms with van der Waals surface area (Å²) in [7, 11) is 0. The normalized spacial score (nSPS) is 12.0. The number of amides is 1. The standard InChI is InChI=1S/C19H17N3O3/c1-2-6-16(17(20)24)22-18(12-7-4-3-5-8-12)21-15-10-9-13(23)11-14(15)19(22)25/h2-5,7-11,16,23H,1,6H2,(H2,20,24). The zero-order valence-electron chi connectivity index (χ0n) is 13.4. The van der Waals surface area contributed by atoms with Gasteiger partial charge in [0.1, 0.15) is 17.6 Å². The fourth-order valence-electron chi connectivity index (χ4n) is 2.77. The molecule has 6 nitrogen and oxygen atoms in total. The zero-order chi connectivity index (χ0) is 18.0. The molecule has 1 atom stereocenters. The molecule has 0 bridgehead atoms. The number of rotatable bonds is 5. The van der Waals surface area contributed by atoms with E-state index in [2.05, 4.69) is 11.6 Å². The fraction of sp³-hybridized carbons (Fsp3) is 0.105. The summed E-state index contributed by atoms with van der Waals surface area (Å²) in [4.78, 5) is 29.6. The van der Waals surface area contributed by atoms with Gasteiger partial charge >= 0.3 is 0 Å². The third-order valence-corrected chi connectivity index (χ3v) is 3.95. The highest BCUT2D eigenvalue weighted by Gasteiger charge is 2.23. The Labute approximate surface area is 143 Å². The number of aromatic nitrogens is 2. The SMILES string of the molecule is C=CCC(C(N)=O)n1c(-c2ccccc2)nc2ccc(O)cc2c1=O. The Hall–Kier alpha value is -3.41. The van der Waals surface area contributed by atoms with Crippen LogP contribution in [0.25, 0.3) is 22.3 Å². The van der Waals surface area contributed by atoms with E-state index in [1.54, 1.807) is 18.2 Å². The quantitative estimate of drug-likeness (QED) is 0.699. The van der Waals surface area contributed by atoms with Crippen LogP contribution in [0.2, 0.25) is 0 Å². The van der Waals surface area contributed by atoms with Crippen molar-refractivity contribution in [3.8, 4) is 17.1 Å². The second kappa shape index (κ2) is 6.60. The molecule has 3 rings (SSSR count). The third kappa shape index (κ3) is 3.01. The van der Waals surface area contributed by atoms with E-state index in [9.17, 15) is 14.7 Å². The van der Waals surface area contributed by atoms with Crippen LogP contribution in [0.5, 0.6) is 5.75 Å². The van der Waals surface area contributed by atoms with Gasteiger partial charge in [-0.3, -0.25) is 14.2 Å². The van der Waals surface area contributed by atoms with Crippen molar-refractivity contribution in [2.45, 2.75) is 12.5 Å². The van der Waals surface area contributed by atoms with E-state index in [0.29, 0.717) is 16.9 Å². The van der Waals surface area contributed by atoms with Gasteiger partial charge in [0.05, 0.1) is 10.9 Å². The Bertz CT molecular complexity index is 1010. The molecular weight excluding hydrogens is 318 g/mol. The smallest absolute Gasteiger partial charge is 0.262 e. The Balaban J connectivity index is 2.41. The molecule has 3 aromatic rings. The average Bonchev–Trinajstić information content (AvgIpc) is 2.61. The maximum Gasteiger partial charge on any atom is 0.262 e. The Morgan fingerprint density at radius 3 is 2.64 bits per heavy atom. The van der Waals surface area contributed by atoms with Crippen molar-refractivity contribution in [1.82, 2.24) is 9.55 Å². The number of aromatic hydroxyl groups is 1. The van der Waals surface area contributed by atoms with Crippen molar-refractivity contribution >= 4 is 16.8 Å². The van der Waals surface area contributed by atoms with Crippen LogP contribution in [0, 0.1) is 0 Å². The van der Waals surface area contributed by atoms with E-state index in [-0.39, 0.29) is 17.6 Å². The predicted octanol–water partition coefficient (Wildman–Crippen LogP) is 2.37. The summed E-state index contributed by atoms with van der Waals surface area (Å²) in [6, 6.07) is 12.5. The maximum absolute atomic E-state index is 13.1. The molecular formula is C19H17N3O3. The highest BCUT2D eigenvalue weighted by molar-refractivity contribution is 5.84. The Morgan fingerprint density at radius 1 is 1.28 bits per heavy atom. The first-order chi connectivity index (χ1) is 12.0. The number of primary amides is 1. The number of benzene rings is 2. The average molecular weight is 335 g/mol. The summed E-state index contributed by atoms with van der Waals surface area (Å²) in [6.45, 7) is 3.63. The van der Waals surface area contributed by atoms with E-state index in [1.807, 2.05) is 18.2 Å². The molecule has 1 unspecified atom stereocenters. The number of phenols is 1. The third-order valence-electron chi connectivity index (χ3n) is 3.95. The monoisotopic (exact) mass is 335 g/mol. The van der Waals surface area contributed by atoms with Crippen LogP contribution < -0.4 is 11.3 Å². The lowest BCUT2D eigenvalue weighted by Gasteiger charge is -2.20. The molecule has 0 aliphatic rings. The second-order valence-electron chi connectivity index (χ2n) is 5.62. The molecule has 3 N–H and O–H groups in total. The molecule has 0 radical (unpaired) electrons. The highest BCUT2D eigenvalue weighted by atomic mass is 16.3. The number of nitrogens with two attached hydrogens (primary N) is 1. The van der Waals surface area contributed by atoms with E-state index in [4.69, 9.17) is 5.73 Å². The molecule has 126 valence electrons. The van der Waals surface area contributed by atoms with E-state index >= 15 is 0 Å². The largest absolute Gasteiger partial charge is 0.508 e. The van der Waals surface area contributed by atoms with Crippen LogP contribution in [0.1, 0.15) is 12.5 Å². The molecule has 2 aromatic carbocycles. The predicted molar refractivity (Wildman–Crippen MR) is 96.1 cm³/mol. The minimum absolute atomic E-state index is 0.0512. The number of nitrogens with zero attached hydrogens (tertiary/aromatic N) is 2. The van der Waals surface area contributed by atoms with Crippen LogP contribution >= 0.6 is 0 Å². The van der Waals surface area contributed by atoms with Crippen LogP contribution in [0.3, 0.4) is 0 Å². The zero-order valence-corrected chi connectivity index (χ0v) is 13.4. The first kappa shape index (κ1) is 16.4. The number of carbonyl (C=O) groups excluding carboxylic acids is 1. The first-order valence-corrected chi connectivity index (χ1v) is 7.74. The summed E-state index contributed by atoms with van der Waals surface area (Å²) < 4.78 is 1.28. The van der Waals surface area contributed by atoms with Gasteiger partial charge in [-0.25, -0.2) is 4.98 Å². The van der Waals surface area contributed by atoms with Crippen molar-refractivity contribution in [2.75, 3.05) is 0 Å². The number of hydrogen-bond acceptors (Lipinski definition) is 4. The van der Waals surface area contributed by atoms with E-state index < -0.39 is 17.5 Å². The Morgan fingerprint density at radius 2 is 2.00 bits per heavy atom. The minimum atomic E-state index is -0.917. The van der Waals surface area contributed by atoms with E-state index in [1.165, 1.54) is 22.8 Å². The van der Waals surface area contributed by atoms with Gasteiger partial charge < -0.3 is 10.8 Å². The number of hydrogen-bond donors (Lipinski definition) is 2. The molecule has 0 aliphatic carbocycles. The minimum Gasteiger partial charge on any atom is -0.508 e. The van der Waals surface area contributed by atoms with Gasteiger partial charge in [-0.1, -0.05) is 36.4 Å². The number of phenolic OH excluding ortho intramolecular Hbond substituents is 1. The van der Waals surface area contributed by atoms with Gasteiger partial charge in [0.15, 0.2) is 0 Å². The molecule has 0 aliphatic heterocycles. The maximum atomic E-state index is 13.1. The molecule has 1 heterocycles. The van der Waals surface area contributed by atoms with Crippen molar-refractivity contribution in [3.05, 3.63) is 71.5 Å². The number of carbonyl (C=O) groups is 1. The summed E-state index contributed by atoms with van der Waals surface area (Å²) in [5.41, 5.74) is 6.20. The molecule has 0 spiro atoms. The second-order valence-corrected chi connectivity index (χ2v) is 5.62. The lowest BCUT2D eigenvalue weighted by atomic mass is 10.1. The lowest BCUT2D eigenvalue weighted by Crippen LogP contribution is -2.35. The van der Waals surface area contributed by atoms with Crippen LogP contribution in [0.15, 0.2) is 66.0 Å². The molecule has 0 saturated carbocycles. The van der Waals surface area contributed by atoms with Gasteiger partial charge in [-0.05, 0) is 24.6 Å². The summed E-state index contributed by atoms with van der Waals surface area (Å²) in [6.07, 6.45) is 1.73. The van der Waals surface area contributed by atoms with E-state index in [0.717, 1.165) is 0 Å². The van der Waals surface area contributed by atoms with Crippen LogP contribution in [0.4, 0.5) is 0 Å². The molecule has 0 saturated heterocycles. The van der Waals surface area contributed by atoms with Gasteiger partial charge in [0, 0.05) is 5.56 Å². The van der Waals surface area contributed by atoms with Gasteiger partial charge in [-0.15, -0.1) is 6.58 Å².